The lowest BCUT2D eigenvalue weighted by Gasteiger charge is -2.11. The molecule has 2 rings (SSSR count). The lowest BCUT2D eigenvalue weighted by Crippen LogP contribution is -2.21. The van der Waals surface area contributed by atoms with Crippen molar-refractivity contribution in [2.75, 3.05) is 20.3 Å². The number of para-hydroxylation sites is 2. The van der Waals surface area contributed by atoms with Crippen LogP contribution < -0.4 is 14.8 Å². The molecule has 0 bridgehead atoms. The molecule has 0 atom stereocenters. The van der Waals surface area contributed by atoms with Gasteiger partial charge in [0, 0.05) is 18.7 Å². The third-order valence-corrected chi connectivity index (χ3v) is 2.93. The molecule has 0 fully saturated rings. The standard InChI is InChI=1S/C16H17F2NO2/c1-20-15-4-2-3-5-16(15)21-9-8-19-11-12-10-13(17)6-7-14(12)18/h2-7,10,19H,8-9,11H2,1H3. The normalized spacial score (nSPS) is 10.4. The van der Waals surface area contributed by atoms with Crippen LogP contribution in [0.4, 0.5) is 8.78 Å². The van der Waals surface area contributed by atoms with Crippen molar-refractivity contribution < 1.29 is 18.3 Å². The van der Waals surface area contributed by atoms with Gasteiger partial charge in [-0.1, -0.05) is 12.1 Å². The Morgan fingerprint density at radius 1 is 1.05 bits per heavy atom. The number of benzene rings is 2. The molecule has 3 nitrogen and oxygen atoms in total. The molecule has 0 unspecified atom stereocenters. The van der Waals surface area contributed by atoms with E-state index in [4.69, 9.17) is 9.47 Å². The zero-order valence-corrected chi connectivity index (χ0v) is 11.7. The third-order valence-electron chi connectivity index (χ3n) is 2.93. The topological polar surface area (TPSA) is 30.5 Å². The van der Waals surface area contributed by atoms with Crippen LogP contribution in [0.25, 0.3) is 0 Å². The van der Waals surface area contributed by atoms with Gasteiger partial charge in [0.2, 0.25) is 0 Å². The predicted molar refractivity (Wildman–Crippen MR) is 76.6 cm³/mol. The lowest BCUT2D eigenvalue weighted by atomic mass is 10.2. The molecule has 0 amide bonds. The van der Waals surface area contributed by atoms with Crippen LogP contribution in [0, 0.1) is 11.6 Å². The van der Waals surface area contributed by atoms with Crippen LogP contribution in [0.1, 0.15) is 5.56 Å². The monoisotopic (exact) mass is 293 g/mol. The van der Waals surface area contributed by atoms with E-state index in [1.165, 1.54) is 6.07 Å². The van der Waals surface area contributed by atoms with Crippen LogP contribution in [0.5, 0.6) is 11.5 Å². The average Bonchev–Trinajstić information content (AvgIpc) is 2.50. The molecule has 0 aliphatic carbocycles. The molecule has 0 saturated carbocycles. The molecule has 0 spiro atoms. The van der Waals surface area contributed by atoms with E-state index >= 15 is 0 Å². The first kappa shape index (κ1) is 15.3. The van der Waals surface area contributed by atoms with Gasteiger partial charge >= 0.3 is 0 Å². The molecule has 0 aromatic heterocycles. The Hall–Kier alpha value is -2.14. The zero-order chi connectivity index (χ0) is 15.1. The third kappa shape index (κ3) is 4.43. The summed E-state index contributed by atoms with van der Waals surface area (Å²) in [6, 6.07) is 10.7. The summed E-state index contributed by atoms with van der Waals surface area (Å²) in [4.78, 5) is 0. The summed E-state index contributed by atoms with van der Waals surface area (Å²) in [5.74, 6) is 0.445. The van der Waals surface area contributed by atoms with Crippen molar-refractivity contribution in [2.24, 2.45) is 0 Å². The SMILES string of the molecule is COc1ccccc1OCCNCc1cc(F)ccc1F. The van der Waals surface area contributed by atoms with E-state index < -0.39 is 11.6 Å². The highest BCUT2D eigenvalue weighted by atomic mass is 19.1. The quantitative estimate of drug-likeness (QED) is 0.796. The van der Waals surface area contributed by atoms with Gasteiger partial charge < -0.3 is 14.8 Å². The molecule has 0 aliphatic heterocycles. The van der Waals surface area contributed by atoms with Crippen LogP contribution in [0.2, 0.25) is 0 Å². The Bertz CT molecular complexity index is 590. The van der Waals surface area contributed by atoms with Gasteiger partial charge in [0.1, 0.15) is 18.2 Å². The predicted octanol–water partition coefficient (Wildman–Crippen LogP) is 3.14. The summed E-state index contributed by atoms with van der Waals surface area (Å²) in [6.07, 6.45) is 0. The highest BCUT2D eigenvalue weighted by Gasteiger charge is 2.04. The Balaban J connectivity index is 1.76. The minimum absolute atomic E-state index is 0.249. The first-order valence-corrected chi connectivity index (χ1v) is 6.61. The second-order valence-corrected chi connectivity index (χ2v) is 4.41. The molecular formula is C16H17F2NO2. The Morgan fingerprint density at radius 3 is 2.57 bits per heavy atom. The molecule has 0 radical (unpaired) electrons. The number of halogens is 2. The van der Waals surface area contributed by atoms with Gasteiger partial charge in [0.15, 0.2) is 11.5 Å². The van der Waals surface area contributed by atoms with Crippen molar-refractivity contribution >= 4 is 0 Å². The molecule has 0 heterocycles. The molecule has 5 heteroatoms. The van der Waals surface area contributed by atoms with Gasteiger partial charge in [-0.25, -0.2) is 8.78 Å². The van der Waals surface area contributed by atoms with Gasteiger partial charge in [0.05, 0.1) is 7.11 Å². The Kier molecular flexibility index (Phi) is 5.51. The molecule has 0 saturated heterocycles. The largest absolute Gasteiger partial charge is 0.493 e. The molecular weight excluding hydrogens is 276 g/mol. The van der Waals surface area contributed by atoms with E-state index in [0.717, 1.165) is 12.1 Å². The Morgan fingerprint density at radius 2 is 1.81 bits per heavy atom. The van der Waals surface area contributed by atoms with E-state index in [-0.39, 0.29) is 6.54 Å². The summed E-state index contributed by atoms with van der Waals surface area (Å²) < 4.78 is 37.1. The first-order chi connectivity index (χ1) is 10.2. The van der Waals surface area contributed by atoms with Gasteiger partial charge in [-0.05, 0) is 30.3 Å². The van der Waals surface area contributed by atoms with Gasteiger partial charge in [-0.2, -0.15) is 0 Å². The van der Waals surface area contributed by atoms with Crippen molar-refractivity contribution in [1.82, 2.24) is 5.32 Å². The van der Waals surface area contributed by atoms with Crippen LogP contribution in [-0.2, 0) is 6.54 Å². The summed E-state index contributed by atoms with van der Waals surface area (Å²) in [5.41, 5.74) is 0.298. The fraction of sp³-hybridized carbons (Fsp3) is 0.250. The van der Waals surface area contributed by atoms with E-state index in [9.17, 15) is 8.78 Å². The van der Waals surface area contributed by atoms with Gasteiger partial charge in [-0.3, -0.25) is 0 Å². The number of ether oxygens (including phenoxy) is 2. The highest BCUT2D eigenvalue weighted by Crippen LogP contribution is 2.25. The summed E-state index contributed by atoms with van der Waals surface area (Å²) in [7, 11) is 1.58. The molecule has 2 aromatic carbocycles. The summed E-state index contributed by atoms with van der Waals surface area (Å²) in [5, 5.41) is 3.00. The fourth-order valence-electron chi connectivity index (χ4n) is 1.87. The Labute approximate surface area is 122 Å². The first-order valence-electron chi connectivity index (χ1n) is 6.61. The van der Waals surface area contributed by atoms with Gasteiger partial charge in [-0.15, -0.1) is 0 Å². The highest BCUT2D eigenvalue weighted by molar-refractivity contribution is 5.39. The van der Waals surface area contributed by atoms with E-state index in [1.807, 2.05) is 24.3 Å². The molecule has 1 N–H and O–H groups in total. The van der Waals surface area contributed by atoms with Crippen LogP contribution in [-0.4, -0.2) is 20.3 Å². The van der Waals surface area contributed by atoms with E-state index in [0.29, 0.717) is 30.2 Å². The minimum atomic E-state index is -0.446. The average molecular weight is 293 g/mol. The molecule has 2 aromatic rings. The van der Waals surface area contributed by atoms with Crippen molar-refractivity contribution in [3.05, 3.63) is 59.7 Å². The zero-order valence-electron chi connectivity index (χ0n) is 11.7. The summed E-state index contributed by atoms with van der Waals surface area (Å²) >= 11 is 0. The lowest BCUT2D eigenvalue weighted by molar-refractivity contribution is 0.292. The van der Waals surface area contributed by atoms with Crippen molar-refractivity contribution in [3.8, 4) is 11.5 Å². The van der Waals surface area contributed by atoms with E-state index in [1.54, 1.807) is 7.11 Å². The van der Waals surface area contributed by atoms with Crippen LogP contribution in [0.15, 0.2) is 42.5 Å². The fourth-order valence-corrected chi connectivity index (χ4v) is 1.87. The maximum atomic E-state index is 13.4. The number of nitrogens with one attached hydrogen (secondary N) is 1. The van der Waals surface area contributed by atoms with E-state index in [2.05, 4.69) is 5.32 Å². The van der Waals surface area contributed by atoms with Crippen molar-refractivity contribution in [2.45, 2.75) is 6.54 Å². The number of hydrogen-bond donors (Lipinski definition) is 1. The second-order valence-electron chi connectivity index (χ2n) is 4.41. The number of rotatable bonds is 7. The molecule has 112 valence electrons. The number of hydrogen-bond acceptors (Lipinski definition) is 3. The van der Waals surface area contributed by atoms with Gasteiger partial charge in [0.25, 0.3) is 0 Å². The maximum Gasteiger partial charge on any atom is 0.161 e. The molecule has 21 heavy (non-hydrogen) atoms. The van der Waals surface area contributed by atoms with Crippen LogP contribution >= 0.6 is 0 Å². The smallest absolute Gasteiger partial charge is 0.161 e. The molecule has 0 aliphatic rings. The maximum absolute atomic E-state index is 13.4. The van der Waals surface area contributed by atoms with Crippen molar-refractivity contribution in [1.29, 1.82) is 0 Å². The minimum Gasteiger partial charge on any atom is -0.493 e. The second kappa shape index (κ2) is 7.59. The van der Waals surface area contributed by atoms with Crippen molar-refractivity contribution in [3.63, 3.8) is 0 Å². The summed E-state index contributed by atoms with van der Waals surface area (Å²) in [6.45, 7) is 1.16. The van der Waals surface area contributed by atoms with Crippen LogP contribution in [0.3, 0.4) is 0 Å². The number of methoxy groups -OCH3 is 1.